The van der Waals surface area contributed by atoms with Crippen molar-refractivity contribution in [2.45, 2.75) is 6.42 Å². The number of hydrogen-bond acceptors (Lipinski definition) is 2. The number of guanidine groups is 1. The maximum Gasteiger partial charge on any atom is 0.191 e. The molecule has 1 saturated heterocycles. The van der Waals surface area contributed by atoms with Gasteiger partial charge in [-0.1, -0.05) is 15.9 Å². The highest BCUT2D eigenvalue weighted by molar-refractivity contribution is 14.0. The minimum Gasteiger partial charge on any atom is -0.378 e. The lowest BCUT2D eigenvalue weighted by Crippen LogP contribution is -2.44. The predicted octanol–water partition coefficient (Wildman–Crippen LogP) is 2.74. The summed E-state index contributed by atoms with van der Waals surface area (Å²) in [6, 6.07) is 6.25. The van der Waals surface area contributed by atoms with Crippen molar-refractivity contribution in [3.8, 4) is 0 Å². The fourth-order valence-electron chi connectivity index (χ4n) is 2.54. The Balaban J connectivity index is 0.00000176. The maximum atomic E-state index is 6.03. The summed E-state index contributed by atoms with van der Waals surface area (Å²) in [5, 5.41) is 1.24. The van der Waals surface area contributed by atoms with Crippen molar-refractivity contribution in [3.63, 3.8) is 0 Å². The van der Waals surface area contributed by atoms with Gasteiger partial charge in [0.25, 0.3) is 0 Å². The number of aromatic nitrogens is 1. The number of benzene rings is 1. The number of aromatic amines is 1. The molecular weight excluding hydrogens is 459 g/mol. The van der Waals surface area contributed by atoms with Gasteiger partial charge in [0.05, 0.1) is 13.2 Å². The molecule has 1 fully saturated rings. The molecule has 0 spiro atoms. The number of aliphatic imine (C=N–C) groups is 1. The Labute approximate surface area is 155 Å². The molecule has 0 aliphatic carbocycles. The summed E-state index contributed by atoms with van der Waals surface area (Å²) < 4.78 is 6.40. The SMILES string of the molecule is I.NC(=NCCc1c[nH]c2ccc(Br)cc12)N1CCOCC1. The Morgan fingerprint density at radius 3 is 2.91 bits per heavy atom. The van der Waals surface area contributed by atoms with Crippen LogP contribution in [0.3, 0.4) is 0 Å². The topological polar surface area (TPSA) is 66.6 Å². The smallest absolute Gasteiger partial charge is 0.191 e. The lowest BCUT2D eigenvalue weighted by atomic mass is 10.1. The summed E-state index contributed by atoms with van der Waals surface area (Å²) in [7, 11) is 0. The van der Waals surface area contributed by atoms with Crippen LogP contribution >= 0.6 is 39.9 Å². The summed E-state index contributed by atoms with van der Waals surface area (Å²) in [6.07, 6.45) is 2.93. The van der Waals surface area contributed by atoms with Crippen molar-refractivity contribution in [1.29, 1.82) is 0 Å². The van der Waals surface area contributed by atoms with Gasteiger partial charge in [-0.05, 0) is 30.2 Å². The van der Waals surface area contributed by atoms with Gasteiger partial charge >= 0.3 is 0 Å². The molecule has 2 aromatic rings. The highest BCUT2D eigenvalue weighted by Crippen LogP contribution is 2.23. The molecule has 120 valence electrons. The number of hydrogen-bond donors (Lipinski definition) is 2. The molecule has 0 bridgehead atoms. The molecule has 1 aromatic carbocycles. The summed E-state index contributed by atoms with van der Waals surface area (Å²) in [6.45, 7) is 3.81. The summed E-state index contributed by atoms with van der Waals surface area (Å²) in [5.74, 6) is 0.624. The molecule has 0 amide bonds. The molecule has 2 heterocycles. The monoisotopic (exact) mass is 478 g/mol. The zero-order chi connectivity index (χ0) is 14.7. The molecule has 22 heavy (non-hydrogen) atoms. The van der Waals surface area contributed by atoms with E-state index < -0.39 is 0 Å². The van der Waals surface area contributed by atoms with Crippen LogP contribution in [0.2, 0.25) is 0 Å². The molecule has 1 aliphatic rings. The second-order valence-corrected chi connectivity index (χ2v) is 6.01. The number of H-pyrrole nitrogens is 1. The van der Waals surface area contributed by atoms with Gasteiger partial charge in [0.2, 0.25) is 0 Å². The molecule has 3 rings (SSSR count). The average Bonchev–Trinajstić information content (AvgIpc) is 2.90. The molecule has 0 radical (unpaired) electrons. The molecule has 0 atom stereocenters. The van der Waals surface area contributed by atoms with Crippen LogP contribution < -0.4 is 5.73 Å². The van der Waals surface area contributed by atoms with Gasteiger partial charge in [-0.2, -0.15) is 0 Å². The van der Waals surface area contributed by atoms with E-state index in [1.54, 1.807) is 0 Å². The molecule has 5 nitrogen and oxygen atoms in total. The van der Waals surface area contributed by atoms with Gasteiger partial charge in [-0.25, -0.2) is 0 Å². The van der Waals surface area contributed by atoms with E-state index in [0.717, 1.165) is 42.7 Å². The second-order valence-electron chi connectivity index (χ2n) is 5.09. The standard InChI is InChI=1S/C15H19BrN4O.HI/c16-12-1-2-14-13(9-12)11(10-19-14)3-4-18-15(17)20-5-7-21-8-6-20;/h1-2,9-10,19H,3-8H2,(H2,17,18);1H. The number of fused-ring (bicyclic) bond motifs is 1. The van der Waals surface area contributed by atoms with Gasteiger partial charge in [0, 0.05) is 41.2 Å². The molecule has 3 N–H and O–H groups in total. The zero-order valence-corrected chi connectivity index (χ0v) is 16.1. The Hall–Kier alpha value is -0.800. The van der Waals surface area contributed by atoms with E-state index in [1.807, 2.05) is 6.07 Å². The highest BCUT2D eigenvalue weighted by atomic mass is 127. The number of nitrogens with zero attached hydrogens (tertiary/aromatic N) is 2. The van der Waals surface area contributed by atoms with Gasteiger partial charge in [0.1, 0.15) is 0 Å². The minimum absolute atomic E-state index is 0. The Morgan fingerprint density at radius 2 is 2.14 bits per heavy atom. The fourth-order valence-corrected chi connectivity index (χ4v) is 2.90. The molecule has 7 heteroatoms. The van der Waals surface area contributed by atoms with Crippen LogP contribution in [0.1, 0.15) is 5.56 Å². The average molecular weight is 479 g/mol. The number of nitrogens with two attached hydrogens (primary N) is 1. The van der Waals surface area contributed by atoms with Crippen LogP contribution in [-0.4, -0.2) is 48.7 Å². The molecule has 1 aliphatic heterocycles. The molecule has 1 aromatic heterocycles. The van der Waals surface area contributed by atoms with Gasteiger partial charge < -0.3 is 20.4 Å². The minimum atomic E-state index is 0. The lowest BCUT2D eigenvalue weighted by Gasteiger charge is -2.27. The largest absolute Gasteiger partial charge is 0.378 e. The van der Waals surface area contributed by atoms with E-state index >= 15 is 0 Å². The molecule has 0 saturated carbocycles. The van der Waals surface area contributed by atoms with Crippen molar-refractivity contribution in [3.05, 3.63) is 34.4 Å². The maximum absolute atomic E-state index is 6.03. The van der Waals surface area contributed by atoms with Gasteiger partial charge in [0.15, 0.2) is 5.96 Å². The van der Waals surface area contributed by atoms with Gasteiger partial charge in [-0.3, -0.25) is 4.99 Å². The van der Waals surface area contributed by atoms with Gasteiger partial charge in [-0.15, -0.1) is 24.0 Å². The van der Waals surface area contributed by atoms with E-state index in [-0.39, 0.29) is 24.0 Å². The van der Waals surface area contributed by atoms with Crippen molar-refractivity contribution >= 4 is 56.8 Å². The Kier molecular flexibility index (Phi) is 6.51. The normalized spacial score (nSPS) is 15.9. The molecular formula is C15H20BrIN4O. The lowest BCUT2D eigenvalue weighted by molar-refractivity contribution is 0.0674. The first-order valence-electron chi connectivity index (χ1n) is 7.12. The van der Waals surface area contributed by atoms with Crippen molar-refractivity contribution in [2.75, 3.05) is 32.8 Å². The highest BCUT2D eigenvalue weighted by Gasteiger charge is 2.12. The first-order valence-corrected chi connectivity index (χ1v) is 7.91. The van der Waals surface area contributed by atoms with Crippen molar-refractivity contribution in [1.82, 2.24) is 9.88 Å². The van der Waals surface area contributed by atoms with E-state index in [9.17, 15) is 0 Å². The number of nitrogens with one attached hydrogen (secondary N) is 1. The zero-order valence-electron chi connectivity index (χ0n) is 12.2. The first kappa shape index (κ1) is 17.6. The van der Waals surface area contributed by atoms with E-state index in [0.29, 0.717) is 12.5 Å². The van der Waals surface area contributed by atoms with E-state index in [2.05, 4.69) is 49.1 Å². The van der Waals surface area contributed by atoms with Crippen LogP contribution in [0.15, 0.2) is 33.9 Å². The summed E-state index contributed by atoms with van der Waals surface area (Å²) in [4.78, 5) is 9.86. The molecule has 0 unspecified atom stereocenters. The van der Waals surface area contributed by atoms with Crippen molar-refractivity contribution in [2.24, 2.45) is 10.7 Å². The number of rotatable bonds is 3. The number of morpholine rings is 1. The summed E-state index contributed by atoms with van der Waals surface area (Å²) >= 11 is 3.51. The number of halogens is 2. The van der Waals surface area contributed by atoms with Crippen molar-refractivity contribution < 1.29 is 4.74 Å². The van der Waals surface area contributed by atoms with Crippen LogP contribution in [0.25, 0.3) is 10.9 Å². The summed E-state index contributed by atoms with van der Waals surface area (Å²) in [5.41, 5.74) is 8.45. The fraction of sp³-hybridized carbons (Fsp3) is 0.400. The van der Waals surface area contributed by atoms with Crippen LogP contribution in [0, 0.1) is 0 Å². The predicted molar refractivity (Wildman–Crippen MR) is 104 cm³/mol. The first-order chi connectivity index (χ1) is 10.2. The third kappa shape index (κ3) is 4.14. The third-order valence-corrected chi connectivity index (χ3v) is 4.21. The van der Waals surface area contributed by atoms with Crippen LogP contribution in [0.5, 0.6) is 0 Å². The van der Waals surface area contributed by atoms with Crippen LogP contribution in [0.4, 0.5) is 0 Å². The van der Waals surface area contributed by atoms with E-state index in [1.165, 1.54) is 10.9 Å². The number of ether oxygens (including phenoxy) is 1. The Bertz CT molecular complexity index is 652. The quantitative estimate of drug-likeness (QED) is 0.405. The van der Waals surface area contributed by atoms with Crippen LogP contribution in [-0.2, 0) is 11.2 Å². The second kappa shape index (κ2) is 8.16. The van der Waals surface area contributed by atoms with E-state index in [4.69, 9.17) is 10.5 Å². The third-order valence-electron chi connectivity index (χ3n) is 3.72. The Morgan fingerprint density at radius 1 is 1.36 bits per heavy atom.